The summed E-state index contributed by atoms with van der Waals surface area (Å²) in [5.41, 5.74) is -0.148. The van der Waals surface area contributed by atoms with Crippen molar-refractivity contribution in [1.29, 1.82) is 0 Å². The highest BCUT2D eigenvalue weighted by Crippen LogP contribution is 2.28. The summed E-state index contributed by atoms with van der Waals surface area (Å²) in [7, 11) is 0. The lowest BCUT2D eigenvalue weighted by Gasteiger charge is -2.13. The standard InChI is InChI=1S/C13H17F3N2O2/c1-9(6-7-19)18-12(20)17-8-10-2-4-11(5-3-10)13(14,15)16/h2-5,9,19H,6-8H2,1H3,(H2,17,18,20)/t9-/m1/s1. The smallest absolute Gasteiger partial charge is 0.396 e. The van der Waals surface area contributed by atoms with Gasteiger partial charge in [0.2, 0.25) is 0 Å². The van der Waals surface area contributed by atoms with Crippen LogP contribution in [0.1, 0.15) is 24.5 Å². The quantitative estimate of drug-likeness (QED) is 0.779. The van der Waals surface area contributed by atoms with Crippen LogP contribution in [-0.2, 0) is 12.7 Å². The number of aliphatic hydroxyl groups is 1. The third-order valence-electron chi connectivity index (χ3n) is 2.67. The summed E-state index contributed by atoms with van der Waals surface area (Å²) >= 11 is 0. The zero-order chi connectivity index (χ0) is 15.2. The van der Waals surface area contributed by atoms with Gasteiger partial charge in [-0.05, 0) is 31.0 Å². The van der Waals surface area contributed by atoms with Crippen LogP contribution in [0.2, 0.25) is 0 Å². The highest BCUT2D eigenvalue weighted by molar-refractivity contribution is 5.74. The van der Waals surface area contributed by atoms with Crippen LogP contribution >= 0.6 is 0 Å². The van der Waals surface area contributed by atoms with Crippen molar-refractivity contribution in [3.63, 3.8) is 0 Å². The number of carbonyl (C=O) groups is 1. The van der Waals surface area contributed by atoms with Crippen LogP contribution in [-0.4, -0.2) is 23.8 Å². The summed E-state index contributed by atoms with van der Waals surface area (Å²) < 4.78 is 37.0. The Bertz CT molecular complexity index is 432. The van der Waals surface area contributed by atoms with E-state index in [1.54, 1.807) is 6.92 Å². The first-order chi connectivity index (χ1) is 9.32. The lowest BCUT2D eigenvalue weighted by Crippen LogP contribution is -2.40. The Morgan fingerprint density at radius 1 is 1.30 bits per heavy atom. The highest BCUT2D eigenvalue weighted by atomic mass is 19.4. The monoisotopic (exact) mass is 290 g/mol. The Kier molecular flexibility index (Phi) is 5.82. The second-order valence-corrected chi connectivity index (χ2v) is 4.44. The highest BCUT2D eigenvalue weighted by Gasteiger charge is 2.29. The Balaban J connectivity index is 2.44. The van der Waals surface area contributed by atoms with Crippen LogP contribution in [0, 0.1) is 0 Å². The van der Waals surface area contributed by atoms with Crippen LogP contribution in [0.3, 0.4) is 0 Å². The maximum Gasteiger partial charge on any atom is 0.416 e. The van der Waals surface area contributed by atoms with E-state index in [4.69, 9.17) is 5.11 Å². The zero-order valence-electron chi connectivity index (χ0n) is 11.0. The van der Waals surface area contributed by atoms with Gasteiger partial charge in [-0.3, -0.25) is 0 Å². The van der Waals surface area contributed by atoms with Crippen molar-refractivity contribution in [3.05, 3.63) is 35.4 Å². The minimum Gasteiger partial charge on any atom is -0.396 e. The van der Waals surface area contributed by atoms with Gasteiger partial charge in [-0.2, -0.15) is 13.2 Å². The van der Waals surface area contributed by atoms with Gasteiger partial charge in [0.1, 0.15) is 0 Å². The molecular formula is C13H17F3N2O2. The van der Waals surface area contributed by atoms with Crippen LogP contribution in [0.25, 0.3) is 0 Å². The number of aliphatic hydroxyl groups excluding tert-OH is 1. The number of amides is 2. The molecule has 20 heavy (non-hydrogen) atoms. The first kappa shape index (κ1) is 16.3. The van der Waals surface area contributed by atoms with Crippen molar-refractivity contribution in [2.24, 2.45) is 0 Å². The van der Waals surface area contributed by atoms with E-state index < -0.39 is 17.8 Å². The van der Waals surface area contributed by atoms with Gasteiger partial charge in [0.05, 0.1) is 5.56 Å². The Morgan fingerprint density at radius 2 is 1.90 bits per heavy atom. The number of rotatable bonds is 5. The fraction of sp³-hybridized carbons (Fsp3) is 0.462. The SMILES string of the molecule is C[C@H](CCO)NC(=O)NCc1ccc(C(F)(F)F)cc1. The number of hydrogen-bond donors (Lipinski definition) is 3. The molecule has 2 amide bonds. The number of alkyl halides is 3. The van der Waals surface area contributed by atoms with Crippen LogP contribution < -0.4 is 10.6 Å². The van der Waals surface area contributed by atoms with E-state index in [-0.39, 0.29) is 19.2 Å². The summed E-state index contributed by atoms with van der Waals surface area (Å²) in [5, 5.41) is 13.8. The molecule has 1 atom stereocenters. The van der Waals surface area contributed by atoms with Crippen molar-refractivity contribution >= 4 is 6.03 Å². The van der Waals surface area contributed by atoms with E-state index in [9.17, 15) is 18.0 Å². The van der Waals surface area contributed by atoms with E-state index in [1.165, 1.54) is 12.1 Å². The van der Waals surface area contributed by atoms with Gasteiger partial charge < -0.3 is 15.7 Å². The third kappa shape index (κ3) is 5.48. The molecule has 0 fully saturated rings. The van der Waals surface area contributed by atoms with Gasteiger partial charge in [-0.1, -0.05) is 12.1 Å². The fourth-order valence-electron chi connectivity index (χ4n) is 1.53. The minimum absolute atomic E-state index is 0.0274. The predicted octanol–water partition coefficient (Wildman–Crippen LogP) is 2.28. The Hall–Kier alpha value is -1.76. The Labute approximate surface area is 115 Å². The number of urea groups is 1. The second-order valence-electron chi connectivity index (χ2n) is 4.44. The van der Waals surface area contributed by atoms with Gasteiger partial charge >= 0.3 is 12.2 Å². The molecule has 0 unspecified atom stereocenters. The van der Waals surface area contributed by atoms with Crippen LogP contribution in [0.5, 0.6) is 0 Å². The number of halogens is 3. The molecule has 7 heteroatoms. The number of hydrogen-bond acceptors (Lipinski definition) is 2. The molecular weight excluding hydrogens is 273 g/mol. The van der Waals surface area contributed by atoms with E-state index in [1.807, 2.05) is 0 Å². The lowest BCUT2D eigenvalue weighted by atomic mass is 10.1. The molecule has 0 saturated carbocycles. The molecule has 1 aromatic carbocycles. The average molecular weight is 290 g/mol. The number of carbonyl (C=O) groups excluding carboxylic acids is 1. The summed E-state index contributed by atoms with van der Waals surface area (Å²) in [6.07, 6.45) is -3.92. The number of nitrogens with one attached hydrogen (secondary N) is 2. The van der Waals surface area contributed by atoms with E-state index in [0.29, 0.717) is 12.0 Å². The predicted molar refractivity (Wildman–Crippen MR) is 68.0 cm³/mol. The topological polar surface area (TPSA) is 61.4 Å². The fourth-order valence-corrected chi connectivity index (χ4v) is 1.53. The Morgan fingerprint density at radius 3 is 2.40 bits per heavy atom. The average Bonchev–Trinajstić information content (AvgIpc) is 2.36. The summed E-state index contributed by atoms with van der Waals surface area (Å²) in [5.74, 6) is 0. The van der Waals surface area contributed by atoms with Crippen LogP contribution in [0.4, 0.5) is 18.0 Å². The molecule has 0 saturated heterocycles. The normalized spacial score (nSPS) is 12.8. The molecule has 0 heterocycles. The van der Waals surface area contributed by atoms with Crippen molar-refractivity contribution in [2.45, 2.75) is 32.1 Å². The molecule has 3 N–H and O–H groups in total. The largest absolute Gasteiger partial charge is 0.416 e. The lowest BCUT2D eigenvalue weighted by molar-refractivity contribution is -0.137. The van der Waals surface area contributed by atoms with Crippen LogP contribution in [0.15, 0.2) is 24.3 Å². The second kappa shape index (κ2) is 7.14. The molecule has 0 aliphatic heterocycles. The van der Waals surface area contributed by atoms with Crippen molar-refractivity contribution in [3.8, 4) is 0 Å². The number of benzene rings is 1. The van der Waals surface area contributed by atoms with Gasteiger partial charge in [0.15, 0.2) is 0 Å². The molecule has 0 aromatic heterocycles. The van der Waals surface area contributed by atoms with E-state index in [0.717, 1.165) is 12.1 Å². The molecule has 4 nitrogen and oxygen atoms in total. The maximum atomic E-state index is 12.3. The summed E-state index contributed by atoms with van der Waals surface area (Å²) in [4.78, 5) is 11.4. The molecule has 0 radical (unpaired) electrons. The molecule has 0 aliphatic rings. The molecule has 0 aliphatic carbocycles. The molecule has 1 aromatic rings. The molecule has 0 bridgehead atoms. The van der Waals surface area contributed by atoms with Gasteiger partial charge in [0, 0.05) is 19.2 Å². The van der Waals surface area contributed by atoms with E-state index in [2.05, 4.69) is 10.6 Å². The maximum absolute atomic E-state index is 12.3. The van der Waals surface area contributed by atoms with Gasteiger partial charge in [-0.15, -0.1) is 0 Å². The van der Waals surface area contributed by atoms with Crippen molar-refractivity contribution in [2.75, 3.05) is 6.61 Å². The molecule has 112 valence electrons. The molecule has 1 rings (SSSR count). The van der Waals surface area contributed by atoms with Crippen molar-refractivity contribution in [1.82, 2.24) is 10.6 Å². The van der Waals surface area contributed by atoms with Gasteiger partial charge in [-0.25, -0.2) is 4.79 Å². The first-order valence-electron chi connectivity index (χ1n) is 6.14. The third-order valence-corrected chi connectivity index (χ3v) is 2.67. The minimum atomic E-state index is -4.36. The van der Waals surface area contributed by atoms with E-state index >= 15 is 0 Å². The molecule has 0 spiro atoms. The van der Waals surface area contributed by atoms with Crippen molar-refractivity contribution < 1.29 is 23.1 Å². The van der Waals surface area contributed by atoms with Gasteiger partial charge in [0.25, 0.3) is 0 Å². The summed E-state index contributed by atoms with van der Waals surface area (Å²) in [6, 6.07) is 3.99. The zero-order valence-corrected chi connectivity index (χ0v) is 11.0. The summed E-state index contributed by atoms with van der Waals surface area (Å²) in [6.45, 7) is 1.85. The first-order valence-corrected chi connectivity index (χ1v) is 6.14.